The quantitative estimate of drug-likeness (QED) is 0.534. The van der Waals surface area contributed by atoms with E-state index in [1.54, 1.807) is 0 Å². The van der Waals surface area contributed by atoms with Gasteiger partial charge in [-0.1, -0.05) is 74.0 Å². The van der Waals surface area contributed by atoms with Crippen molar-refractivity contribution in [1.29, 1.82) is 0 Å². The van der Waals surface area contributed by atoms with Crippen LogP contribution in [-0.4, -0.2) is 0 Å². The molecule has 1 aliphatic carbocycles. The standard InChI is InChI=1S/C10H13Br.C2H6/c1-10(2)7-5-3-4-6-9(11)8-10;1-2/h4-8H,3H2,1-2H3;1-2H3/b6-4-,7-5-,9-8+;. The molecule has 1 rings (SSSR count). The van der Waals surface area contributed by atoms with E-state index >= 15 is 0 Å². The van der Waals surface area contributed by atoms with E-state index < -0.39 is 0 Å². The van der Waals surface area contributed by atoms with Gasteiger partial charge in [-0.3, -0.25) is 0 Å². The molecule has 0 saturated heterocycles. The lowest BCUT2D eigenvalue weighted by Gasteiger charge is -2.16. The zero-order chi connectivity index (χ0) is 10.3. The summed E-state index contributed by atoms with van der Waals surface area (Å²) in [6.45, 7) is 8.40. The molecule has 74 valence electrons. The maximum atomic E-state index is 3.49. The van der Waals surface area contributed by atoms with Crippen molar-refractivity contribution in [1.82, 2.24) is 0 Å². The highest BCUT2D eigenvalue weighted by Crippen LogP contribution is 2.25. The van der Waals surface area contributed by atoms with Crippen molar-refractivity contribution in [2.45, 2.75) is 34.1 Å². The predicted molar refractivity (Wildman–Crippen MR) is 65.0 cm³/mol. The van der Waals surface area contributed by atoms with Crippen molar-refractivity contribution in [3.63, 3.8) is 0 Å². The summed E-state index contributed by atoms with van der Waals surface area (Å²) in [7, 11) is 0. The summed E-state index contributed by atoms with van der Waals surface area (Å²) in [6.07, 6.45) is 11.9. The lowest BCUT2D eigenvalue weighted by molar-refractivity contribution is 0.622. The molecule has 13 heavy (non-hydrogen) atoms. The molecule has 0 amide bonds. The average molecular weight is 243 g/mol. The maximum absolute atomic E-state index is 3.49. The highest BCUT2D eigenvalue weighted by molar-refractivity contribution is 9.11. The van der Waals surface area contributed by atoms with Crippen LogP contribution in [0.15, 0.2) is 34.9 Å². The molecule has 0 heterocycles. The predicted octanol–water partition coefficient (Wildman–Crippen LogP) is 4.83. The molecular formula is C12H19Br. The van der Waals surface area contributed by atoms with Gasteiger partial charge in [-0.2, -0.15) is 0 Å². The van der Waals surface area contributed by atoms with Crippen LogP contribution in [0, 0.1) is 5.41 Å². The maximum Gasteiger partial charge on any atom is 0.0140 e. The molecule has 0 aromatic rings. The molecule has 0 radical (unpaired) electrons. The molecule has 0 aliphatic heterocycles. The van der Waals surface area contributed by atoms with Crippen LogP contribution in [0.4, 0.5) is 0 Å². The van der Waals surface area contributed by atoms with Crippen LogP contribution in [0.5, 0.6) is 0 Å². The summed E-state index contributed by atoms with van der Waals surface area (Å²) in [5, 5.41) is 0. The molecule has 0 spiro atoms. The number of hydrogen-bond donors (Lipinski definition) is 0. The first-order valence-electron chi connectivity index (χ1n) is 4.83. The van der Waals surface area contributed by atoms with Gasteiger partial charge >= 0.3 is 0 Å². The van der Waals surface area contributed by atoms with Gasteiger partial charge in [-0.05, 0) is 6.42 Å². The average Bonchev–Trinajstić information content (AvgIpc) is 2.04. The fraction of sp³-hybridized carbons (Fsp3) is 0.500. The fourth-order valence-corrected chi connectivity index (χ4v) is 1.86. The summed E-state index contributed by atoms with van der Waals surface area (Å²) in [5.41, 5.74) is 0.184. The zero-order valence-corrected chi connectivity index (χ0v) is 10.6. The number of rotatable bonds is 0. The van der Waals surface area contributed by atoms with E-state index in [0.717, 1.165) is 6.42 Å². The van der Waals surface area contributed by atoms with Gasteiger partial charge in [-0.25, -0.2) is 0 Å². The normalized spacial score (nSPS) is 28.2. The fourth-order valence-electron chi connectivity index (χ4n) is 1.08. The highest BCUT2D eigenvalue weighted by atomic mass is 79.9. The van der Waals surface area contributed by atoms with Crippen LogP contribution < -0.4 is 0 Å². The van der Waals surface area contributed by atoms with E-state index in [1.807, 2.05) is 13.8 Å². The number of halogens is 1. The van der Waals surface area contributed by atoms with Gasteiger partial charge in [0.05, 0.1) is 0 Å². The van der Waals surface area contributed by atoms with E-state index in [2.05, 4.69) is 60.2 Å². The Balaban J connectivity index is 0.000000671. The Morgan fingerprint density at radius 1 is 1.23 bits per heavy atom. The second-order valence-corrected chi connectivity index (χ2v) is 4.31. The minimum Gasteiger partial charge on any atom is -0.0839 e. The summed E-state index contributed by atoms with van der Waals surface area (Å²) in [6, 6.07) is 0. The second-order valence-electron chi connectivity index (χ2n) is 3.39. The second kappa shape index (κ2) is 6.20. The van der Waals surface area contributed by atoms with Crippen LogP contribution in [-0.2, 0) is 0 Å². The Morgan fingerprint density at radius 3 is 2.46 bits per heavy atom. The van der Waals surface area contributed by atoms with Crippen LogP contribution in [0.3, 0.4) is 0 Å². The van der Waals surface area contributed by atoms with Crippen molar-refractivity contribution >= 4 is 15.9 Å². The first-order valence-corrected chi connectivity index (χ1v) is 5.62. The molecule has 0 aromatic carbocycles. The molecule has 0 aromatic heterocycles. The van der Waals surface area contributed by atoms with Gasteiger partial charge in [0, 0.05) is 9.90 Å². The van der Waals surface area contributed by atoms with E-state index in [1.165, 1.54) is 4.48 Å². The monoisotopic (exact) mass is 242 g/mol. The lowest BCUT2D eigenvalue weighted by atomic mass is 9.91. The SMILES string of the molecule is CC.CC1(C)/C=C\C/C=C\C(Br)=C/1. The summed E-state index contributed by atoms with van der Waals surface area (Å²) in [5.74, 6) is 0. The molecule has 0 nitrogen and oxygen atoms in total. The van der Waals surface area contributed by atoms with E-state index in [9.17, 15) is 0 Å². The third-order valence-electron chi connectivity index (χ3n) is 1.61. The van der Waals surface area contributed by atoms with Crippen molar-refractivity contribution in [3.8, 4) is 0 Å². The molecular weight excluding hydrogens is 224 g/mol. The summed E-state index contributed by atoms with van der Waals surface area (Å²) < 4.78 is 1.17. The number of hydrogen-bond acceptors (Lipinski definition) is 0. The Morgan fingerprint density at radius 2 is 1.85 bits per heavy atom. The van der Waals surface area contributed by atoms with Crippen molar-refractivity contribution < 1.29 is 0 Å². The summed E-state index contributed by atoms with van der Waals surface area (Å²) in [4.78, 5) is 0. The summed E-state index contributed by atoms with van der Waals surface area (Å²) >= 11 is 3.49. The van der Waals surface area contributed by atoms with Gasteiger partial charge in [0.25, 0.3) is 0 Å². The van der Waals surface area contributed by atoms with Crippen molar-refractivity contribution in [2.24, 2.45) is 5.41 Å². The van der Waals surface area contributed by atoms with Crippen LogP contribution in [0.2, 0.25) is 0 Å². The molecule has 0 bridgehead atoms. The molecule has 0 unspecified atom stereocenters. The Bertz CT molecular complexity index is 219. The third-order valence-corrected chi connectivity index (χ3v) is 2.10. The van der Waals surface area contributed by atoms with E-state index in [0.29, 0.717) is 0 Å². The first kappa shape index (κ1) is 12.7. The van der Waals surface area contributed by atoms with Gasteiger partial charge in [-0.15, -0.1) is 0 Å². The molecule has 1 aliphatic rings. The van der Waals surface area contributed by atoms with Gasteiger partial charge in [0.2, 0.25) is 0 Å². The molecule has 0 fully saturated rings. The lowest BCUT2D eigenvalue weighted by Crippen LogP contribution is -2.03. The molecule has 0 atom stereocenters. The van der Waals surface area contributed by atoms with Crippen molar-refractivity contribution in [3.05, 3.63) is 34.9 Å². The molecule has 1 heteroatoms. The molecule has 0 N–H and O–H groups in total. The smallest absolute Gasteiger partial charge is 0.0140 e. The largest absolute Gasteiger partial charge is 0.0839 e. The minimum absolute atomic E-state index is 0.184. The molecule has 0 saturated carbocycles. The van der Waals surface area contributed by atoms with Gasteiger partial charge in [0.1, 0.15) is 0 Å². The Labute approximate surface area is 90.6 Å². The first-order chi connectivity index (χ1) is 6.10. The highest BCUT2D eigenvalue weighted by Gasteiger charge is 2.10. The van der Waals surface area contributed by atoms with Crippen LogP contribution in [0.25, 0.3) is 0 Å². The van der Waals surface area contributed by atoms with Crippen LogP contribution in [0.1, 0.15) is 34.1 Å². The zero-order valence-electron chi connectivity index (χ0n) is 8.97. The van der Waals surface area contributed by atoms with Gasteiger partial charge in [0.15, 0.2) is 0 Å². The van der Waals surface area contributed by atoms with E-state index in [4.69, 9.17) is 0 Å². The van der Waals surface area contributed by atoms with Crippen LogP contribution >= 0.6 is 15.9 Å². The topological polar surface area (TPSA) is 0 Å². The van der Waals surface area contributed by atoms with Crippen molar-refractivity contribution in [2.75, 3.05) is 0 Å². The Kier molecular flexibility index (Phi) is 6.06. The van der Waals surface area contributed by atoms with Gasteiger partial charge < -0.3 is 0 Å². The Hall–Kier alpha value is -0.300. The van der Waals surface area contributed by atoms with E-state index in [-0.39, 0.29) is 5.41 Å². The minimum atomic E-state index is 0.184. The number of allylic oxidation sites excluding steroid dienone is 6. The third kappa shape index (κ3) is 5.87.